The predicted octanol–water partition coefficient (Wildman–Crippen LogP) is 1.33. The summed E-state index contributed by atoms with van der Waals surface area (Å²) in [6.07, 6.45) is 4.78. The van der Waals surface area contributed by atoms with Crippen LogP contribution in [0.4, 0.5) is 0 Å². The molecule has 2 aromatic rings. The van der Waals surface area contributed by atoms with E-state index in [0.29, 0.717) is 38.8 Å². The first-order valence-corrected chi connectivity index (χ1v) is 9.24. The van der Waals surface area contributed by atoms with Gasteiger partial charge in [0.25, 0.3) is 5.91 Å². The number of nitrogens with one attached hydrogen (secondary N) is 2. The number of rotatable bonds is 8. The van der Waals surface area contributed by atoms with Gasteiger partial charge in [-0.25, -0.2) is 4.98 Å². The van der Waals surface area contributed by atoms with Crippen molar-refractivity contribution in [1.82, 2.24) is 15.3 Å². The van der Waals surface area contributed by atoms with Crippen molar-refractivity contribution in [3.05, 3.63) is 16.6 Å². The molecule has 2 atom stereocenters. The fourth-order valence-corrected chi connectivity index (χ4v) is 4.23. The number of carbonyl (C=O) groups is 2. The van der Waals surface area contributed by atoms with Crippen molar-refractivity contribution >= 4 is 34.2 Å². The summed E-state index contributed by atoms with van der Waals surface area (Å²) >= 11 is 1.48. The molecule has 3 heterocycles. The molecule has 25 heavy (non-hydrogen) atoms. The Morgan fingerprint density at radius 1 is 1.52 bits per heavy atom. The Kier molecular flexibility index (Phi) is 5.36. The Balaban J connectivity index is 1.61. The second kappa shape index (κ2) is 7.51. The lowest BCUT2D eigenvalue weighted by molar-refractivity contribution is -0.142. The lowest BCUT2D eigenvalue weighted by Crippen LogP contribution is -2.44. The number of carboxylic acids is 1. The molecular formula is C16H22N4O4S. The largest absolute Gasteiger partial charge is 0.480 e. The van der Waals surface area contributed by atoms with E-state index in [1.165, 1.54) is 11.3 Å². The maximum absolute atomic E-state index is 12.9. The zero-order valence-corrected chi connectivity index (χ0v) is 14.6. The minimum absolute atomic E-state index is 0.153. The second-order valence-electron chi connectivity index (χ2n) is 6.21. The smallest absolute Gasteiger partial charge is 0.320 e. The number of carboxylic acid groups (broad SMARTS) is 1. The molecule has 0 aromatic carbocycles. The van der Waals surface area contributed by atoms with E-state index in [-0.39, 0.29) is 5.91 Å². The van der Waals surface area contributed by atoms with Crippen LogP contribution in [0.2, 0.25) is 0 Å². The third-order valence-corrected chi connectivity index (χ3v) is 5.59. The summed E-state index contributed by atoms with van der Waals surface area (Å²) in [6, 6.07) is -0.848. The predicted molar refractivity (Wildman–Crippen MR) is 93.3 cm³/mol. The normalized spacial score (nSPS) is 21.5. The molecule has 1 aliphatic rings. The molecule has 1 aliphatic heterocycles. The van der Waals surface area contributed by atoms with Crippen molar-refractivity contribution in [3.63, 3.8) is 0 Å². The van der Waals surface area contributed by atoms with Crippen LogP contribution in [0.1, 0.15) is 37.0 Å². The van der Waals surface area contributed by atoms with E-state index in [0.717, 1.165) is 22.3 Å². The van der Waals surface area contributed by atoms with Crippen molar-refractivity contribution in [2.75, 3.05) is 13.2 Å². The van der Waals surface area contributed by atoms with E-state index in [2.05, 4.69) is 15.3 Å². The monoisotopic (exact) mass is 366 g/mol. The average Bonchev–Trinajstić information content (AvgIpc) is 3.30. The zero-order chi connectivity index (χ0) is 17.9. The number of carbonyl (C=O) groups excluding carboxylic acids is 1. The van der Waals surface area contributed by atoms with E-state index in [1.54, 1.807) is 6.33 Å². The Bertz CT molecular complexity index is 750. The number of aromatic amines is 1. The number of hydrogen-bond donors (Lipinski definition) is 4. The molecule has 2 unspecified atom stereocenters. The van der Waals surface area contributed by atoms with Crippen molar-refractivity contribution in [2.45, 2.75) is 43.7 Å². The number of H-pyrrole nitrogens is 1. The maximum atomic E-state index is 12.9. The van der Waals surface area contributed by atoms with Gasteiger partial charge in [0.2, 0.25) is 0 Å². The van der Waals surface area contributed by atoms with Crippen molar-refractivity contribution in [1.29, 1.82) is 0 Å². The first-order valence-electron chi connectivity index (χ1n) is 8.36. The number of nitrogens with zero attached hydrogens (tertiary/aromatic N) is 1. The molecule has 136 valence electrons. The number of thiophene rings is 1. The minimum Gasteiger partial charge on any atom is -0.480 e. The van der Waals surface area contributed by atoms with Gasteiger partial charge >= 0.3 is 5.97 Å². The first kappa shape index (κ1) is 17.8. The highest BCUT2D eigenvalue weighted by Crippen LogP contribution is 2.42. The second-order valence-corrected chi connectivity index (χ2v) is 7.08. The van der Waals surface area contributed by atoms with E-state index in [4.69, 9.17) is 15.6 Å². The molecule has 9 heteroatoms. The quantitative estimate of drug-likeness (QED) is 0.521. The van der Waals surface area contributed by atoms with E-state index < -0.39 is 17.6 Å². The number of aromatic nitrogens is 2. The third-order valence-electron chi connectivity index (χ3n) is 4.48. The molecule has 0 aliphatic carbocycles. The number of fused-ring (bicyclic) bond motifs is 1. The summed E-state index contributed by atoms with van der Waals surface area (Å²) in [4.78, 5) is 31.7. The van der Waals surface area contributed by atoms with Gasteiger partial charge in [0.05, 0.1) is 16.7 Å². The Morgan fingerprint density at radius 2 is 2.36 bits per heavy atom. The molecule has 8 nitrogen and oxygen atoms in total. The van der Waals surface area contributed by atoms with Crippen LogP contribution >= 0.6 is 11.3 Å². The molecule has 2 aromatic heterocycles. The lowest BCUT2D eigenvalue weighted by Gasteiger charge is -2.26. The number of imidazole rings is 1. The minimum atomic E-state index is -0.997. The number of aliphatic carboxylic acids is 1. The number of amides is 1. The standard InChI is InChI=1S/C16H22N4O4S/c17-10(14(21)22)4-1-2-6-18-15(23)16(5-3-7-24-16)13-12-11(8-25-13)19-9-20-12/h8-10H,1-7,17H2,(H,18,23)(H,19,20)(H,21,22). The van der Waals surface area contributed by atoms with Crippen LogP contribution in [-0.4, -0.2) is 46.1 Å². The molecule has 0 spiro atoms. The number of hydrogen-bond acceptors (Lipinski definition) is 6. The van der Waals surface area contributed by atoms with Gasteiger partial charge in [-0.15, -0.1) is 11.3 Å². The number of unbranched alkanes of at least 4 members (excludes halogenated alkanes) is 1. The van der Waals surface area contributed by atoms with Crippen LogP contribution in [-0.2, 0) is 19.9 Å². The summed E-state index contributed by atoms with van der Waals surface area (Å²) in [6.45, 7) is 1.01. The molecule has 0 saturated carbocycles. The summed E-state index contributed by atoms with van der Waals surface area (Å²) in [5.74, 6) is -1.15. The van der Waals surface area contributed by atoms with Gasteiger partial charge in [-0.05, 0) is 32.1 Å². The van der Waals surface area contributed by atoms with Gasteiger partial charge < -0.3 is 25.9 Å². The molecule has 1 amide bonds. The van der Waals surface area contributed by atoms with Crippen LogP contribution < -0.4 is 11.1 Å². The zero-order valence-electron chi connectivity index (χ0n) is 13.8. The molecule has 0 radical (unpaired) electrons. The van der Waals surface area contributed by atoms with E-state index in [1.807, 2.05) is 5.38 Å². The van der Waals surface area contributed by atoms with Crippen LogP contribution in [0.15, 0.2) is 11.7 Å². The van der Waals surface area contributed by atoms with Crippen LogP contribution in [0.25, 0.3) is 11.0 Å². The molecule has 0 bridgehead atoms. The number of nitrogens with two attached hydrogens (primary N) is 1. The Hall–Kier alpha value is -1.97. The molecule has 3 rings (SSSR count). The van der Waals surface area contributed by atoms with E-state index >= 15 is 0 Å². The van der Waals surface area contributed by atoms with Crippen molar-refractivity contribution in [2.24, 2.45) is 5.73 Å². The van der Waals surface area contributed by atoms with Crippen molar-refractivity contribution < 1.29 is 19.4 Å². The fraction of sp³-hybridized carbons (Fsp3) is 0.562. The average molecular weight is 366 g/mol. The topological polar surface area (TPSA) is 130 Å². The maximum Gasteiger partial charge on any atom is 0.320 e. The highest BCUT2D eigenvalue weighted by Gasteiger charge is 2.46. The summed E-state index contributed by atoms with van der Waals surface area (Å²) in [5.41, 5.74) is 6.19. The molecule has 1 saturated heterocycles. The summed E-state index contributed by atoms with van der Waals surface area (Å²) in [7, 11) is 0. The van der Waals surface area contributed by atoms with Gasteiger partial charge in [-0.3, -0.25) is 9.59 Å². The fourth-order valence-electron chi connectivity index (χ4n) is 3.09. The van der Waals surface area contributed by atoms with Crippen LogP contribution in [0.3, 0.4) is 0 Å². The first-order chi connectivity index (χ1) is 12.0. The van der Waals surface area contributed by atoms with Crippen LogP contribution in [0.5, 0.6) is 0 Å². The summed E-state index contributed by atoms with van der Waals surface area (Å²) < 4.78 is 5.90. The van der Waals surface area contributed by atoms with Crippen molar-refractivity contribution in [3.8, 4) is 0 Å². The summed E-state index contributed by atoms with van der Waals surface area (Å²) in [5, 5.41) is 13.6. The van der Waals surface area contributed by atoms with Gasteiger partial charge in [0.15, 0.2) is 5.60 Å². The molecule has 1 fully saturated rings. The SMILES string of the molecule is NC(CCCCNC(=O)C1(c2scc3[nH]cnc23)CCCO1)C(=O)O. The third kappa shape index (κ3) is 3.53. The van der Waals surface area contributed by atoms with Gasteiger partial charge in [0.1, 0.15) is 11.6 Å². The Morgan fingerprint density at radius 3 is 3.08 bits per heavy atom. The van der Waals surface area contributed by atoms with Gasteiger partial charge in [-0.1, -0.05) is 0 Å². The molecular weight excluding hydrogens is 344 g/mol. The van der Waals surface area contributed by atoms with Crippen LogP contribution in [0, 0.1) is 0 Å². The van der Waals surface area contributed by atoms with Gasteiger partial charge in [0, 0.05) is 18.5 Å². The lowest BCUT2D eigenvalue weighted by atomic mass is 9.96. The van der Waals surface area contributed by atoms with Gasteiger partial charge in [-0.2, -0.15) is 0 Å². The number of ether oxygens (including phenoxy) is 1. The highest BCUT2D eigenvalue weighted by atomic mass is 32.1. The highest BCUT2D eigenvalue weighted by molar-refractivity contribution is 7.11. The molecule has 5 N–H and O–H groups in total. The van der Waals surface area contributed by atoms with E-state index in [9.17, 15) is 9.59 Å². The Labute approximate surface area is 148 Å².